The van der Waals surface area contributed by atoms with E-state index in [9.17, 15) is 8.42 Å². The molecule has 0 amide bonds. The van der Waals surface area contributed by atoms with Crippen LogP contribution in [0.2, 0.25) is 0 Å². The van der Waals surface area contributed by atoms with Gasteiger partial charge in [-0.1, -0.05) is 6.92 Å². The van der Waals surface area contributed by atoms with Crippen LogP contribution in [-0.2, 0) is 10.2 Å². The highest BCUT2D eigenvalue weighted by Crippen LogP contribution is 2.19. The van der Waals surface area contributed by atoms with Crippen LogP contribution < -0.4 is 9.44 Å². The third-order valence-electron chi connectivity index (χ3n) is 1.44. The molecule has 0 unspecified atom stereocenters. The quantitative estimate of drug-likeness (QED) is 0.621. The van der Waals surface area contributed by atoms with E-state index in [0.29, 0.717) is 6.54 Å². The zero-order valence-electron chi connectivity index (χ0n) is 6.63. The van der Waals surface area contributed by atoms with Crippen LogP contribution in [0.4, 0.5) is 0 Å². The van der Waals surface area contributed by atoms with Gasteiger partial charge < -0.3 is 0 Å². The second-order valence-corrected chi connectivity index (χ2v) is 4.32. The summed E-state index contributed by atoms with van der Waals surface area (Å²) in [4.78, 5) is 0. The molecule has 0 aromatic heterocycles. The number of hydrogen-bond donors (Lipinski definition) is 2. The van der Waals surface area contributed by atoms with Crippen molar-refractivity contribution >= 4 is 10.2 Å². The maximum Gasteiger partial charge on any atom is 0.277 e. The molecule has 0 aromatic rings. The average Bonchev–Trinajstić information content (AvgIpc) is 2.67. The molecule has 0 radical (unpaired) electrons. The summed E-state index contributed by atoms with van der Waals surface area (Å²) in [6, 6.07) is 0.198. The van der Waals surface area contributed by atoms with Gasteiger partial charge in [-0.15, -0.1) is 0 Å². The largest absolute Gasteiger partial charge is 0.277 e. The second-order valence-electron chi connectivity index (χ2n) is 2.79. The Labute approximate surface area is 67.6 Å². The molecule has 0 atom stereocenters. The average molecular weight is 178 g/mol. The van der Waals surface area contributed by atoms with Crippen LogP contribution in [0.3, 0.4) is 0 Å². The fourth-order valence-corrected chi connectivity index (χ4v) is 1.93. The minimum absolute atomic E-state index is 0.198. The Morgan fingerprint density at radius 3 is 2.55 bits per heavy atom. The predicted octanol–water partition coefficient (Wildman–Crippen LogP) is -0.0172. The third-order valence-corrected chi connectivity index (χ3v) is 2.67. The van der Waals surface area contributed by atoms with Crippen LogP contribution in [0.25, 0.3) is 0 Å². The van der Waals surface area contributed by atoms with Gasteiger partial charge in [0.15, 0.2) is 0 Å². The smallest absolute Gasteiger partial charge is 0.202 e. The lowest BCUT2D eigenvalue weighted by Gasteiger charge is -2.04. The molecule has 5 heteroatoms. The lowest BCUT2D eigenvalue weighted by Crippen LogP contribution is -2.38. The molecule has 0 spiro atoms. The van der Waals surface area contributed by atoms with Crippen molar-refractivity contribution in [3.05, 3.63) is 0 Å². The van der Waals surface area contributed by atoms with Crippen molar-refractivity contribution in [1.82, 2.24) is 9.44 Å². The summed E-state index contributed by atoms with van der Waals surface area (Å²) in [7, 11) is -3.18. The molecule has 1 rings (SSSR count). The Hall–Kier alpha value is -0.130. The molecular weight excluding hydrogens is 164 g/mol. The van der Waals surface area contributed by atoms with Crippen LogP contribution >= 0.6 is 0 Å². The highest BCUT2D eigenvalue weighted by atomic mass is 32.2. The molecule has 1 fully saturated rings. The minimum Gasteiger partial charge on any atom is -0.202 e. The van der Waals surface area contributed by atoms with Gasteiger partial charge in [-0.05, 0) is 19.3 Å². The van der Waals surface area contributed by atoms with E-state index in [4.69, 9.17) is 0 Å². The van der Waals surface area contributed by atoms with Gasteiger partial charge in [-0.3, -0.25) is 0 Å². The van der Waals surface area contributed by atoms with Crippen LogP contribution in [0.1, 0.15) is 26.2 Å². The van der Waals surface area contributed by atoms with E-state index in [2.05, 4.69) is 9.44 Å². The Balaban J connectivity index is 2.26. The van der Waals surface area contributed by atoms with Gasteiger partial charge in [0.25, 0.3) is 10.2 Å². The first-order valence-electron chi connectivity index (χ1n) is 3.91. The third kappa shape index (κ3) is 3.69. The van der Waals surface area contributed by atoms with Gasteiger partial charge in [-0.2, -0.15) is 13.1 Å². The van der Waals surface area contributed by atoms with E-state index in [1.807, 2.05) is 6.92 Å². The van der Waals surface area contributed by atoms with Gasteiger partial charge in [0.05, 0.1) is 0 Å². The summed E-state index contributed by atoms with van der Waals surface area (Å²) < 4.78 is 27.0. The Morgan fingerprint density at radius 2 is 2.09 bits per heavy atom. The maximum absolute atomic E-state index is 11.0. The van der Waals surface area contributed by atoms with Crippen LogP contribution in [0.15, 0.2) is 0 Å². The summed E-state index contributed by atoms with van der Waals surface area (Å²) in [5, 5.41) is 0. The maximum atomic E-state index is 11.0. The highest BCUT2D eigenvalue weighted by molar-refractivity contribution is 7.87. The second kappa shape index (κ2) is 3.51. The van der Waals surface area contributed by atoms with Gasteiger partial charge in [0.1, 0.15) is 0 Å². The number of nitrogens with one attached hydrogen (secondary N) is 2. The number of hydrogen-bond acceptors (Lipinski definition) is 2. The summed E-state index contributed by atoms with van der Waals surface area (Å²) in [6.07, 6.45) is 2.78. The molecule has 0 heterocycles. The van der Waals surface area contributed by atoms with E-state index >= 15 is 0 Å². The molecule has 4 nitrogen and oxygen atoms in total. The van der Waals surface area contributed by atoms with E-state index in [1.165, 1.54) is 0 Å². The Morgan fingerprint density at radius 1 is 1.45 bits per heavy atom. The fourth-order valence-electron chi connectivity index (χ4n) is 0.699. The van der Waals surface area contributed by atoms with Crippen molar-refractivity contribution in [3.8, 4) is 0 Å². The normalized spacial score (nSPS) is 18.6. The van der Waals surface area contributed by atoms with Crippen LogP contribution in [0.5, 0.6) is 0 Å². The van der Waals surface area contributed by atoms with E-state index in [0.717, 1.165) is 19.3 Å². The molecule has 1 aliphatic rings. The molecule has 1 aliphatic carbocycles. The molecule has 66 valence electrons. The SMILES string of the molecule is CCCNS(=O)(=O)NC1CC1. The molecule has 0 aromatic carbocycles. The zero-order valence-corrected chi connectivity index (χ0v) is 7.45. The highest BCUT2D eigenvalue weighted by Gasteiger charge is 2.26. The molecule has 0 bridgehead atoms. The Kier molecular flexibility index (Phi) is 2.86. The van der Waals surface area contributed by atoms with Crippen LogP contribution in [-0.4, -0.2) is 21.0 Å². The van der Waals surface area contributed by atoms with E-state index < -0.39 is 10.2 Å². The van der Waals surface area contributed by atoms with E-state index in [-0.39, 0.29) is 6.04 Å². The van der Waals surface area contributed by atoms with Crippen LogP contribution in [0, 0.1) is 0 Å². The molecule has 0 aliphatic heterocycles. The van der Waals surface area contributed by atoms with Crippen molar-refractivity contribution in [1.29, 1.82) is 0 Å². The van der Waals surface area contributed by atoms with Crippen molar-refractivity contribution in [2.75, 3.05) is 6.54 Å². The summed E-state index contributed by atoms with van der Waals surface area (Å²) in [5.41, 5.74) is 0. The molecular formula is C6H14N2O2S. The first-order valence-corrected chi connectivity index (χ1v) is 5.39. The summed E-state index contributed by atoms with van der Waals surface area (Å²) in [6.45, 7) is 2.45. The minimum atomic E-state index is -3.18. The monoisotopic (exact) mass is 178 g/mol. The topological polar surface area (TPSA) is 58.2 Å². The lowest BCUT2D eigenvalue weighted by molar-refractivity contribution is 0.565. The van der Waals surface area contributed by atoms with Gasteiger partial charge >= 0.3 is 0 Å². The lowest BCUT2D eigenvalue weighted by atomic mass is 10.5. The standard InChI is InChI=1S/C6H14N2O2S/c1-2-5-7-11(9,10)8-6-3-4-6/h6-8H,2-5H2,1H3. The van der Waals surface area contributed by atoms with Gasteiger partial charge in [-0.25, -0.2) is 4.72 Å². The van der Waals surface area contributed by atoms with Crippen molar-refractivity contribution in [2.24, 2.45) is 0 Å². The first kappa shape index (κ1) is 8.96. The van der Waals surface area contributed by atoms with Crippen molar-refractivity contribution in [2.45, 2.75) is 32.2 Å². The molecule has 11 heavy (non-hydrogen) atoms. The molecule has 2 N–H and O–H groups in total. The predicted molar refractivity (Wildman–Crippen MR) is 43.4 cm³/mol. The van der Waals surface area contributed by atoms with Gasteiger partial charge in [0.2, 0.25) is 0 Å². The summed E-state index contributed by atoms with van der Waals surface area (Å²) in [5.74, 6) is 0. The van der Waals surface area contributed by atoms with Gasteiger partial charge in [0, 0.05) is 12.6 Å². The zero-order chi connectivity index (χ0) is 8.32. The van der Waals surface area contributed by atoms with Crippen molar-refractivity contribution in [3.63, 3.8) is 0 Å². The fraction of sp³-hybridized carbons (Fsp3) is 1.00. The molecule has 0 saturated heterocycles. The first-order chi connectivity index (χ1) is 5.14. The molecule has 1 saturated carbocycles. The number of rotatable bonds is 5. The van der Waals surface area contributed by atoms with Crippen molar-refractivity contribution < 1.29 is 8.42 Å². The van der Waals surface area contributed by atoms with E-state index in [1.54, 1.807) is 0 Å². The summed E-state index contributed by atoms with van der Waals surface area (Å²) >= 11 is 0. The Bertz CT molecular complexity index is 209.